The molecule has 5 rings (SSSR count). The van der Waals surface area contributed by atoms with Gasteiger partial charge in [0.25, 0.3) is 0 Å². The third-order valence-corrected chi connectivity index (χ3v) is 8.48. The normalized spacial score (nSPS) is 12.0. The molecule has 0 aromatic heterocycles. The Hall–Kier alpha value is -5.42. The summed E-state index contributed by atoms with van der Waals surface area (Å²) >= 11 is 0. The van der Waals surface area contributed by atoms with Gasteiger partial charge in [-0.3, -0.25) is 4.79 Å². The van der Waals surface area contributed by atoms with E-state index in [9.17, 15) is 14.7 Å². The summed E-state index contributed by atoms with van der Waals surface area (Å²) in [6, 6.07) is 39.1. The number of carbonyl (C=O) groups is 2. The summed E-state index contributed by atoms with van der Waals surface area (Å²) in [6.07, 6.45) is 1.25. The number of hydrogen-bond donors (Lipinski definition) is 1. The van der Waals surface area contributed by atoms with Gasteiger partial charge in [0.2, 0.25) is 0 Å². The van der Waals surface area contributed by atoms with Gasteiger partial charge in [-0.15, -0.1) is 0 Å². The molecule has 48 heavy (non-hydrogen) atoms. The smallest absolute Gasteiger partial charge is 0.337 e. The molecule has 0 amide bonds. The maximum atomic E-state index is 13.2. The lowest BCUT2D eigenvalue weighted by molar-refractivity contribution is 0.0600. The van der Waals surface area contributed by atoms with Crippen LogP contribution in [0.25, 0.3) is 16.9 Å². The van der Waals surface area contributed by atoms with Gasteiger partial charge in [-0.1, -0.05) is 102 Å². The molecule has 0 saturated carbocycles. The van der Waals surface area contributed by atoms with E-state index in [-0.39, 0.29) is 28.3 Å². The Morgan fingerprint density at radius 3 is 1.27 bits per heavy atom. The molecular weight excluding hydrogens is 594 g/mol. The van der Waals surface area contributed by atoms with Crippen LogP contribution in [0.2, 0.25) is 0 Å². The number of ketones is 1. The lowest BCUT2D eigenvalue weighted by Crippen LogP contribution is -2.14. The summed E-state index contributed by atoms with van der Waals surface area (Å²) in [5.74, 6) is -0.798. The summed E-state index contributed by atoms with van der Waals surface area (Å²) in [5.41, 5.74) is 8.85. The van der Waals surface area contributed by atoms with Crippen LogP contribution >= 0.6 is 0 Å². The fourth-order valence-electron chi connectivity index (χ4n) is 5.48. The molecule has 5 nitrogen and oxygen atoms in total. The van der Waals surface area contributed by atoms with E-state index in [1.54, 1.807) is 36.4 Å². The monoisotopic (exact) mass is 637 g/mol. The van der Waals surface area contributed by atoms with Crippen molar-refractivity contribution in [1.82, 2.24) is 0 Å². The van der Waals surface area contributed by atoms with Crippen molar-refractivity contribution in [2.24, 2.45) is 0 Å². The van der Waals surface area contributed by atoms with Gasteiger partial charge in [0.05, 0.1) is 12.7 Å². The molecule has 5 aromatic carbocycles. The fourth-order valence-corrected chi connectivity index (χ4v) is 5.48. The molecular formula is C43H43NO4. The third kappa shape index (κ3) is 7.75. The van der Waals surface area contributed by atoms with Gasteiger partial charge in [-0.05, 0) is 93.7 Å². The number of carbonyl (C=O) groups excluding carboxylic acids is 2. The minimum absolute atomic E-state index is 0.0417. The Labute approximate surface area is 284 Å². The topological polar surface area (TPSA) is 66.8 Å². The van der Waals surface area contributed by atoms with Crippen LogP contribution in [0.4, 0.5) is 17.1 Å². The highest BCUT2D eigenvalue weighted by atomic mass is 16.5. The quantitative estimate of drug-likeness (QED) is 0.0793. The molecule has 5 aromatic rings. The van der Waals surface area contributed by atoms with Crippen LogP contribution in [0.1, 0.15) is 78.9 Å². The zero-order chi connectivity index (χ0) is 34.6. The molecule has 0 spiro atoms. The summed E-state index contributed by atoms with van der Waals surface area (Å²) in [6.45, 7) is 13.2. The summed E-state index contributed by atoms with van der Waals surface area (Å²) < 4.78 is 4.76. The molecule has 0 aliphatic carbocycles. The van der Waals surface area contributed by atoms with Crippen LogP contribution in [-0.4, -0.2) is 24.0 Å². The number of nitrogens with zero attached hydrogens (tertiary/aromatic N) is 1. The highest BCUT2D eigenvalue weighted by Crippen LogP contribution is 2.37. The minimum Gasteiger partial charge on any atom is -0.507 e. The van der Waals surface area contributed by atoms with E-state index in [4.69, 9.17) is 4.74 Å². The first-order chi connectivity index (χ1) is 22.7. The molecule has 0 fully saturated rings. The van der Waals surface area contributed by atoms with E-state index >= 15 is 0 Å². The number of allylic oxidation sites excluding steroid dienone is 1. The van der Waals surface area contributed by atoms with Crippen LogP contribution in [0, 0.1) is 0 Å². The predicted molar refractivity (Wildman–Crippen MR) is 197 cm³/mol. The number of anilines is 3. The van der Waals surface area contributed by atoms with Crippen molar-refractivity contribution >= 4 is 34.6 Å². The fraction of sp³-hybridized carbons (Fsp3) is 0.209. The first kappa shape index (κ1) is 33.9. The number of rotatable bonds is 8. The first-order valence-electron chi connectivity index (χ1n) is 16.1. The Morgan fingerprint density at radius 1 is 0.542 bits per heavy atom. The van der Waals surface area contributed by atoms with Crippen molar-refractivity contribution in [3.8, 4) is 11.1 Å². The van der Waals surface area contributed by atoms with E-state index in [2.05, 4.69) is 95.0 Å². The maximum absolute atomic E-state index is 13.2. The second-order valence-electron chi connectivity index (χ2n) is 14.0. The SMILES string of the molecule is COC(=O)c1ccc(-c2ccc(/C(O)=C/C(=O)c3ccc(N(c4ccc(C(C)(C)C)cc4)c4ccc(C(C)(C)C)cc4)cc3)cc2)cc1. The molecule has 5 heteroatoms. The lowest BCUT2D eigenvalue weighted by atomic mass is 9.86. The number of methoxy groups -OCH3 is 1. The summed E-state index contributed by atoms with van der Waals surface area (Å²) in [4.78, 5) is 27.1. The molecule has 1 N–H and O–H groups in total. The molecule has 0 saturated heterocycles. The number of aliphatic hydroxyl groups excluding tert-OH is 1. The molecule has 0 aliphatic rings. The van der Waals surface area contributed by atoms with Crippen molar-refractivity contribution in [2.75, 3.05) is 12.0 Å². The van der Waals surface area contributed by atoms with Crippen LogP contribution < -0.4 is 4.90 Å². The minimum atomic E-state index is -0.389. The van der Waals surface area contributed by atoms with Gasteiger partial charge in [0.15, 0.2) is 5.78 Å². The zero-order valence-electron chi connectivity index (χ0n) is 28.7. The van der Waals surface area contributed by atoms with Gasteiger partial charge < -0.3 is 14.7 Å². The standard InChI is InChI=1S/C43H43NO4/c1-42(2,3)34-18-24-37(25-19-34)44(38-26-20-35(21-27-38)43(4,5)6)36-22-16-32(17-23-36)40(46)28-39(45)31-12-8-29(9-13-31)30-10-14-33(15-11-30)41(47)48-7/h8-28,45H,1-7H3/b39-28-. The number of esters is 1. The van der Waals surface area contributed by atoms with E-state index in [1.807, 2.05) is 36.4 Å². The molecule has 0 aliphatic heterocycles. The van der Waals surface area contributed by atoms with E-state index < -0.39 is 0 Å². The van der Waals surface area contributed by atoms with Crippen molar-refractivity contribution in [3.05, 3.63) is 155 Å². The Bertz CT molecular complexity index is 1850. The van der Waals surface area contributed by atoms with E-state index in [1.165, 1.54) is 24.3 Å². The average molecular weight is 638 g/mol. The molecule has 0 heterocycles. The van der Waals surface area contributed by atoms with Gasteiger partial charge in [0, 0.05) is 34.3 Å². The molecule has 0 unspecified atom stereocenters. The number of hydrogen-bond acceptors (Lipinski definition) is 5. The van der Waals surface area contributed by atoms with Crippen LogP contribution in [-0.2, 0) is 15.6 Å². The zero-order valence-corrected chi connectivity index (χ0v) is 28.7. The number of benzene rings is 5. The summed E-state index contributed by atoms with van der Waals surface area (Å²) in [5, 5.41) is 10.8. The Morgan fingerprint density at radius 2 is 0.896 bits per heavy atom. The average Bonchev–Trinajstić information content (AvgIpc) is 3.08. The highest BCUT2D eigenvalue weighted by molar-refractivity contribution is 6.08. The maximum Gasteiger partial charge on any atom is 0.337 e. The number of ether oxygens (including phenoxy) is 1. The predicted octanol–water partition coefficient (Wildman–Crippen LogP) is 11.0. The van der Waals surface area contributed by atoms with Crippen molar-refractivity contribution < 1.29 is 19.4 Å². The summed E-state index contributed by atoms with van der Waals surface area (Å²) in [7, 11) is 1.35. The van der Waals surface area contributed by atoms with Crippen LogP contribution in [0.3, 0.4) is 0 Å². The van der Waals surface area contributed by atoms with Crippen molar-refractivity contribution in [1.29, 1.82) is 0 Å². The van der Waals surface area contributed by atoms with Gasteiger partial charge in [-0.2, -0.15) is 0 Å². The van der Waals surface area contributed by atoms with Crippen LogP contribution in [0.5, 0.6) is 0 Å². The Kier molecular flexibility index (Phi) is 9.72. The first-order valence-corrected chi connectivity index (χ1v) is 16.1. The van der Waals surface area contributed by atoms with Crippen LogP contribution in [0.15, 0.2) is 127 Å². The highest BCUT2D eigenvalue weighted by Gasteiger charge is 2.19. The van der Waals surface area contributed by atoms with Gasteiger partial charge in [-0.25, -0.2) is 4.79 Å². The molecule has 244 valence electrons. The second-order valence-corrected chi connectivity index (χ2v) is 14.0. The number of aliphatic hydroxyl groups is 1. The third-order valence-electron chi connectivity index (χ3n) is 8.48. The molecule has 0 radical (unpaired) electrons. The van der Waals surface area contributed by atoms with Gasteiger partial charge in [0.1, 0.15) is 5.76 Å². The Balaban J connectivity index is 1.37. The lowest BCUT2D eigenvalue weighted by Gasteiger charge is -2.28. The van der Waals surface area contributed by atoms with Crippen molar-refractivity contribution in [3.63, 3.8) is 0 Å². The largest absolute Gasteiger partial charge is 0.507 e. The van der Waals surface area contributed by atoms with E-state index in [0.29, 0.717) is 16.7 Å². The molecule has 0 bridgehead atoms. The van der Waals surface area contributed by atoms with E-state index in [0.717, 1.165) is 28.2 Å². The molecule has 0 atom stereocenters. The van der Waals surface area contributed by atoms with Crippen molar-refractivity contribution in [2.45, 2.75) is 52.4 Å². The second kappa shape index (κ2) is 13.7. The van der Waals surface area contributed by atoms with Gasteiger partial charge >= 0.3 is 5.97 Å².